The molecule has 2 atom stereocenters. The smallest absolute Gasteiger partial charge is 0.144 e. The minimum Gasteiger partial charge on any atom is -0.309 e. The molecule has 100 valence electrons. The second-order valence-electron chi connectivity index (χ2n) is 5.16. The van der Waals surface area contributed by atoms with E-state index in [1.54, 1.807) is 5.12 Å². The maximum Gasteiger partial charge on any atom is 0.144 e. The number of amidine groups is 1. The molecule has 2 rings (SSSR count). The number of likely N-dealkylation sites (tertiary alicyclic amines) is 1. The van der Waals surface area contributed by atoms with E-state index >= 15 is 0 Å². The summed E-state index contributed by atoms with van der Waals surface area (Å²) in [5.41, 5.74) is 7.15. The highest BCUT2D eigenvalue weighted by Gasteiger charge is 2.23. The summed E-state index contributed by atoms with van der Waals surface area (Å²) in [6, 6.07) is 1.02. The van der Waals surface area contributed by atoms with Gasteiger partial charge >= 0.3 is 0 Å². The van der Waals surface area contributed by atoms with Gasteiger partial charge in [0.15, 0.2) is 0 Å². The van der Waals surface area contributed by atoms with E-state index in [1.807, 2.05) is 19.3 Å². The van der Waals surface area contributed by atoms with E-state index in [0.717, 1.165) is 24.4 Å². The van der Waals surface area contributed by atoms with Crippen LogP contribution in [0.15, 0.2) is 29.4 Å². The first-order chi connectivity index (χ1) is 8.56. The summed E-state index contributed by atoms with van der Waals surface area (Å²) in [4.78, 5) is 7.17. The predicted octanol–water partition coefficient (Wildman–Crippen LogP) is 0.892. The maximum absolute atomic E-state index is 4.80. The average molecular weight is 249 g/mol. The molecule has 2 aliphatic heterocycles. The van der Waals surface area contributed by atoms with Crippen molar-refractivity contribution in [3.8, 4) is 0 Å². The molecule has 0 aromatic carbocycles. The third kappa shape index (κ3) is 3.11. The highest BCUT2D eigenvalue weighted by molar-refractivity contribution is 6.00. The monoisotopic (exact) mass is 249 g/mol. The Morgan fingerprint density at radius 2 is 2.17 bits per heavy atom. The molecule has 5 nitrogen and oxygen atoms in total. The molecule has 0 bridgehead atoms. The van der Waals surface area contributed by atoms with Crippen molar-refractivity contribution in [1.82, 2.24) is 20.9 Å². The van der Waals surface area contributed by atoms with Crippen molar-refractivity contribution < 1.29 is 0 Å². The van der Waals surface area contributed by atoms with Gasteiger partial charge in [-0.3, -0.25) is 10.4 Å². The van der Waals surface area contributed by atoms with Crippen molar-refractivity contribution >= 4 is 5.84 Å². The molecule has 1 fully saturated rings. The Hall–Kier alpha value is -1.33. The van der Waals surface area contributed by atoms with E-state index in [4.69, 9.17) is 4.99 Å². The summed E-state index contributed by atoms with van der Waals surface area (Å²) < 4.78 is 0. The number of aliphatic imine (C=N–C) groups is 1. The van der Waals surface area contributed by atoms with Crippen molar-refractivity contribution in [3.63, 3.8) is 0 Å². The zero-order chi connectivity index (χ0) is 13.1. The van der Waals surface area contributed by atoms with Gasteiger partial charge in [0.1, 0.15) is 5.84 Å². The molecule has 0 saturated carbocycles. The van der Waals surface area contributed by atoms with Crippen molar-refractivity contribution in [2.75, 3.05) is 20.6 Å². The van der Waals surface area contributed by atoms with Crippen molar-refractivity contribution in [1.29, 1.82) is 0 Å². The summed E-state index contributed by atoms with van der Waals surface area (Å²) in [7, 11) is 4.08. The van der Waals surface area contributed by atoms with Crippen LogP contribution >= 0.6 is 0 Å². The van der Waals surface area contributed by atoms with Crippen LogP contribution in [-0.2, 0) is 0 Å². The highest BCUT2D eigenvalue weighted by Crippen LogP contribution is 2.18. The molecule has 2 unspecified atom stereocenters. The first-order valence-corrected chi connectivity index (χ1v) is 6.46. The van der Waals surface area contributed by atoms with Gasteiger partial charge in [0, 0.05) is 31.4 Å². The Balaban J connectivity index is 2.07. The van der Waals surface area contributed by atoms with Gasteiger partial charge in [-0.25, -0.2) is 0 Å². The van der Waals surface area contributed by atoms with E-state index in [1.165, 1.54) is 6.42 Å². The molecule has 0 spiro atoms. The summed E-state index contributed by atoms with van der Waals surface area (Å²) in [5.74, 6) is 0.853. The van der Waals surface area contributed by atoms with Crippen LogP contribution in [-0.4, -0.2) is 48.6 Å². The molecule has 0 aliphatic carbocycles. The summed E-state index contributed by atoms with van der Waals surface area (Å²) in [6.07, 6.45) is 6.14. The molecule has 2 aliphatic rings. The molecule has 0 amide bonds. The molecule has 1 saturated heterocycles. The summed E-state index contributed by atoms with van der Waals surface area (Å²) in [6.45, 7) is 7.31. The maximum atomic E-state index is 4.80. The number of piperidine rings is 1. The van der Waals surface area contributed by atoms with Gasteiger partial charge in [-0.05, 0) is 32.9 Å². The molecule has 0 aromatic rings. The molecule has 0 aromatic heterocycles. The molecule has 5 heteroatoms. The first-order valence-electron chi connectivity index (χ1n) is 6.46. The lowest BCUT2D eigenvalue weighted by molar-refractivity contribution is 0.181. The van der Waals surface area contributed by atoms with Crippen LogP contribution in [0.2, 0.25) is 0 Å². The largest absolute Gasteiger partial charge is 0.309 e. The minimum atomic E-state index is 0.352. The van der Waals surface area contributed by atoms with Crippen LogP contribution in [0, 0.1) is 0 Å². The quantitative estimate of drug-likeness (QED) is 0.724. The van der Waals surface area contributed by atoms with Crippen LogP contribution in [0.25, 0.3) is 0 Å². The van der Waals surface area contributed by atoms with Gasteiger partial charge in [-0.2, -0.15) is 0 Å². The number of hydrazine groups is 2. The molecule has 0 radical (unpaired) electrons. The molecular formula is C13H23N5. The van der Waals surface area contributed by atoms with Gasteiger partial charge in [0.05, 0.1) is 6.04 Å². The number of hydrogen-bond acceptors (Lipinski definition) is 4. The normalized spacial score (nSPS) is 33.1. The van der Waals surface area contributed by atoms with Crippen LogP contribution < -0.4 is 10.9 Å². The van der Waals surface area contributed by atoms with Crippen LogP contribution in [0.5, 0.6) is 0 Å². The number of hydrogen-bond donors (Lipinski definition) is 2. The van der Waals surface area contributed by atoms with Gasteiger partial charge in [0.25, 0.3) is 0 Å². The molecule has 18 heavy (non-hydrogen) atoms. The Bertz CT molecular complexity index is 374. The third-order valence-corrected chi connectivity index (χ3v) is 3.61. The standard InChI is InChI=1S/C13H23N5/c1-10-7-8-14-18(4)16-13(10)15-12-6-5-11(2)17(3)9-12/h7-8,11-12,14H,1,5-6,9H2,2-4H3,(H,15,16). The van der Waals surface area contributed by atoms with Crippen molar-refractivity contribution in [2.24, 2.45) is 4.99 Å². The summed E-state index contributed by atoms with van der Waals surface area (Å²) >= 11 is 0. The SMILES string of the molecule is C=C1C=CNN(C)NC1=NC1CCC(C)N(C)C1. The van der Waals surface area contributed by atoms with Gasteiger partial charge in [-0.1, -0.05) is 6.58 Å². The second-order valence-corrected chi connectivity index (χ2v) is 5.16. The predicted molar refractivity (Wildman–Crippen MR) is 74.9 cm³/mol. The molecule has 2 N–H and O–H groups in total. The Labute approximate surface area is 109 Å². The second kappa shape index (κ2) is 5.54. The molecule has 2 heterocycles. The highest BCUT2D eigenvalue weighted by atomic mass is 15.7. The lowest BCUT2D eigenvalue weighted by Gasteiger charge is -2.33. The van der Waals surface area contributed by atoms with E-state index < -0.39 is 0 Å². The Morgan fingerprint density at radius 3 is 2.89 bits per heavy atom. The minimum absolute atomic E-state index is 0.352. The van der Waals surface area contributed by atoms with Crippen LogP contribution in [0.1, 0.15) is 19.8 Å². The van der Waals surface area contributed by atoms with Gasteiger partial charge < -0.3 is 10.3 Å². The van der Waals surface area contributed by atoms with Crippen molar-refractivity contribution in [2.45, 2.75) is 31.8 Å². The lowest BCUT2D eigenvalue weighted by atomic mass is 10.0. The molecular weight excluding hydrogens is 226 g/mol. The lowest BCUT2D eigenvalue weighted by Crippen LogP contribution is -2.46. The van der Waals surface area contributed by atoms with E-state index in [0.29, 0.717) is 12.1 Å². The zero-order valence-electron chi connectivity index (χ0n) is 11.5. The van der Waals surface area contributed by atoms with E-state index in [2.05, 4.69) is 36.3 Å². The Morgan fingerprint density at radius 1 is 1.39 bits per heavy atom. The van der Waals surface area contributed by atoms with Crippen LogP contribution in [0.4, 0.5) is 0 Å². The van der Waals surface area contributed by atoms with Crippen molar-refractivity contribution in [3.05, 3.63) is 24.4 Å². The fraction of sp³-hybridized carbons (Fsp3) is 0.615. The van der Waals surface area contributed by atoms with Gasteiger partial charge in [0.2, 0.25) is 0 Å². The first kappa shape index (κ1) is 13.1. The topological polar surface area (TPSA) is 42.9 Å². The van der Waals surface area contributed by atoms with Crippen LogP contribution in [0.3, 0.4) is 0 Å². The number of nitrogens with one attached hydrogen (secondary N) is 2. The summed E-state index contributed by atoms with van der Waals surface area (Å²) in [5, 5.41) is 1.78. The zero-order valence-corrected chi connectivity index (χ0v) is 11.5. The fourth-order valence-corrected chi connectivity index (χ4v) is 2.25. The van der Waals surface area contributed by atoms with Gasteiger partial charge in [-0.15, -0.1) is 5.12 Å². The Kier molecular flexibility index (Phi) is 4.04. The average Bonchev–Trinajstić information content (AvgIpc) is 2.47. The number of likely N-dealkylation sites (N-methyl/N-ethyl adjacent to an activating group) is 1. The van der Waals surface area contributed by atoms with E-state index in [9.17, 15) is 0 Å². The number of nitrogens with zero attached hydrogens (tertiary/aromatic N) is 3. The number of rotatable bonds is 1. The fourth-order valence-electron chi connectivity index (χ4n) is 2.25. The van der Waals surface area contributed by atoms with E-state index in [-0.39, 0.29) is 0 Å². The third-order valence-electron chi connectivity index (χ3n) is 3.61.